The predicted octanol–water partition coefficient (Wildman–Crippen LogP) is 2.06. The van der Waals surface area contributed by atoms with Crippen LogP contribution < -0.4 is 4.74 Å². The highest BCUT2D eigenvalue weighted by Gasteiger charge is 2.26. The standard InChI is InChI=1S/C10H10ClNO3/c1-14-10(13)8-4-6(11)5-12-9(8)15-7-2-3-7/h4-5,7H,2-3H2,1H3. The van der Waals surface area contributed by atoms with Gasteiger partial charge in [-0.3, -0.25) is 0 Å². The Morgan fingerprint density at radius 2 is 2.33 bits per heavy atom. The number of methoxy groups -OCH3 is 1. The molecule has 1 fully saturated rings. The highest BCUT2D eigenvalue weighted by Crippen LogP contribution is 2.29. The van der Waals surface area contributed by atoms with Crippen LogP contribution in [0.25, 0.3) is 0 Å². The van der Waals surface area contributed by atoms with Crippen molar-refractivity contribution in [1.82, 2.24) is 4.98 Å². The minimum absolute atomic E-state index is 0.182. The van der Waals surface area contributed by atoms with Crippen molar-refractivity contribution in [3.8, 4) is 5.88 Å². The Morgan fingerprint density at radius 1 is 1.60 bits per heavy atom. The largest absolute Gasteiger partial charge is 0.474 e. The van der Waals surface area contributed by atoms with Gasteiger partial charge in [0, 0.05) is 6.20 Å². The number of carbonyl (C=O) groups is 1. The van der Waals surface area contributed by atoms with E-state index in [0.29, 0.717) is 10.9 Å². The fourth-order valence-electron chi connectivity index (χ4n) is 1.12. The summed E-state index contributed by atoms with van der Waals surface area (Å²) in [6.07, 6.45) is 3.64. The third-order valence-corrected chi connectivity index (χ3v) is 2.23. The molecule has 5 heteroatoms. The van der Waals surface area contributed by atoms with E-state index < -0.39 is 5.97 Å². The van der Waals surface area contributed by atoms with Gasteiger partial charge in [-0.05, 0) is 18.9 Å². The van der Waals surface area contributed by atoms with E-state index in [0.717, 1.165) is 12.8 Å². The summed E-state index contributed by atoms with van der Waals surface area (Å²) in [5, 5.41) is 0.388. The fraction of sp³-hybridized carbons (Fsp3) is 0.400. The van der Waals surface area contributed by atoms with Gasteiger partial charge < -0.3 is 9.47 Å². The van der Waals surface area contributed by atoms with E-state index in [1.807, 2.05) is 0 Å². The van der Waals surface area contributed by atoms with Gasteiger partial charge in [-0.25, -0.2) is 9.78 Å². The molecule has 2 rings (SSSR count). The number of hydrogen-bond acceptors (Lipinski definition) is 4. The first kappa shape index (κ1) is 10.2. The predicted molar refractivity (Wildman–Crippen MR) is 54.2 cm³/mol. The van der Waals surface area contributed by atoms with Gasteiger partial charge in [-0.2, -0.15) is 0 Å². The molecule has 1 aromatic heterocycles. The zero-order valence-corrected chi connectivity index (χ0v) is 8.95. The second-order valence-electron chi connectivity index (χ2n) is 3.32. The molecule has 1 heterocycles. The Kier molecular flexibility index (Phi) is 2.77. The molecule has 0 amide bonds. The van der Waals surface area contributed by atoms with E-state index in [9.17, 15) is 4.79 Å². The number of pyridine rings is 1. The maximum absolute atomic E-state index is 11.4. The third-order valence-electron chi connectivity index (χ3n) is 2.03. The molecule has 1 saturated carbocycles. The molecule has 1 aromatic rings. The molecule has 0 atom stereocenters. The zero-order chi connectivity index (χ0) is 10.8. The van der Waals surface area contributed by atoms with Crippen molar-refractivity contribution in [3.05, 3.63) is 22.8 Å². The number of rotatable bonds is 3. The molecule has 0 radical (unpaired) electrons. The quantitative estimate of drug-likeness (QED) is 0.742. The van der Waals surface area contributed by atoms with Gasteiger partial charge in [0.2, 0.25) is 5.88 Å². The molecule has 0 N–H and O–H groups in total. The molecular weight excluding hydrogens is 218 g/mol. The number of hydrogen-bond donors (Lipinski definition) is 0. The van der Waals surface area contributed by atoms with Gasteiger partial charge >= 0.3 is 5.97 Å². The van der Waals surface area contributed by atoms with E-state index in [1.54, 1.807) is 0 Å². The molecule has 0 saturated heterocycles. The summed E-state index contributed by atoms with van der Waals surface area (Å²) in [6, 6.07) is 1.50. The highest BCUT2D eigenvalue weighted by atomic mass is 35.5. The Morgan fingerprint density at radius 3 is 2.93 bits per heavy atom. The lowest BCUT2D eigenvalue weighted by molar-refractivity contribution is 0.0594. The maximum atomic E-state index is 11.4. The van der Waals surface area contributed by atoms with Crippen LogP contribution in [-0.4, -0.2) is 24.2 Å². The molecule has 15 heavy (non-hydrogen) atoms. The smallest absolute Gasteiger partial charge is 0.343 e. The number of halogens is 1. The first-order chi connectivity index (χ1) is 7.20. The number of ether oxygens (including phenoxy) is 2. The lowest BCUT2D eigenvalue weighted by Crippen LogP contribution is -2.08. The number of nitrogens with zero attached hydrogens (tertiary/aromatic N) is 1. The normalized spacial score (nSPS) is 14.8. The van der Waals surface area contributed by atoms with Crippen molar-refractivity contribution in [1.29, 1.82) is 0 Å². The van der Waals surface area contributed by atoms with Gasteiger partial charge in [0.15, 0.2) is 0 Å². The maximum Gasteiger partial charge on any atom is 0.343 e. The Balaban J connectivity index is 2.29. The van der Waals surface area contributed by atoms with E-state index in [-0.39, 0.29) is 11.7 Å². The minimum atomic E-state index is -0.486. The molecule has 0 bridgehead atoms. The topological polar surface area (TPSA) is 48.4 Å². The Hall–Kier alpha value is -1.29. The summed E-state index contributed by atoms with van der Waals surface area (Å²) < 4.78 is 10.1. The van der Waals surface area contributed by atoms with Crippen LogP contribution in [0.15, 0.2) is 12.3 Å². The van der Waals surface area contributed by atoms with Gasteiger partial charge in [0.25, 0.3) is 0 Å². The van der Waals surface area contributed by atoms with Crippen molar-refractivity contribution in [2.24, 2.45) is 0 Å². The van der Waals surface area contributed by atoms with Crippen LogP contribution in [0.1, 0.15) is 23.2 Å². The zero-order valence-electron chi connectivity index (χ0n) is 8.20. The molecule has 4 nitrogen and oxygen atoms in total. The number of aromatic nitrogens is 1. The first-order valence-corrected chi connectivity index (χ1v) is 4.99. The summed E-state index contributed by atoms with van der Waals surface area (Å²) in [4.78, 5) is 15.4. The van der Waals surface area contributed by atoms with Crippen molar-refractivity contribution in [2.45, 2.75) is 18.9 Å². The SMILES string of the molecule is COC(=O)c1cc(Cl)cnc1OC1CC1. The van der Waals surface area contributed by atoms with Crippen LogP contribution >= 0.6 is 11.6 Å². The van der Waals surface area contributed by atoms with Crippen molar-refractivity contribution < 1.29 is 14.3 Å². The second kappa shape index (κ2) is 4.06. The summed E-state index contributed by atoms with van der Waals surface area (Å²) >= 11 is 5.74. The second-order valence-corrected chi connectivity index (χ2v) is 3.75. The van der Waals surface area contributed by atoms with Crippen molar-refractivity contribution in [2.75, 3.05) is 7.11 Å². The fourth-order valence-corrected chi connectivity index (χ4v) is 1.28. The van der Waals surface area contributed by atoms with Crippen LogP contribution in [0.3, 0.4) is 0 Å². The van der Waals surface area contributed by atoms with Crippen LogP contribution in [0, 0.1) is 0 Å². The molecule has 1 aliphatic rings. The summed E-state index contributed by atoms with van der Waals surface area (Å²) in [7, 11) is 1.31. The van der Waals surface area contributed by atoms with E-state index in [4.69, 9.17) is 16.3 Å². The van der Waals surface area contributed by atoms with Crippen LogP contribution in [0.5, 0.6) is 5.88 Å². The van der Waals surface area contributed by atoms with E-state index in [2.05, 4.69) is 9.72 Å². The Bertz CT molecular complexity index is 390. The minimum Gasteiger partial charge on any atom is -0.474 e. The van der Waals surface area contributed by atoms with Gasteiger partial charge in [-0.1, -0.05) is 11.6 Å². The van der Waals surface area contributed by atoms with Crippen LogP contribution in [-0.2, 0) is 4.74 Å². The molecule has 0 aliphatic heterocycles. The van der Waals surface area contributed by atoms with Crippen LogP contribution in [0.2, 0.25) is 5.02 Å². The average Bonchev–Trinajstić information content (AvgIpc) is 3.03. The number of esters is 1. The molecule has 80 valence electrons. The monoisotopic (exact) mass is 227 g/mol. The van der Waals surface area contributed by atoms with Gasteiger partial charge in [0.1, 0.15) is 11.7 Å². The van der Waals surface area contributed by atoms with Crippen molar-refractivity contribution >= 4 is 17.6 Å². The average molecular weight is 228 g/mol. The molecule has 0 spiro atoms. The van der Waals surface area contributed by atoms with Crippen molar-refractivity contribution in [3.63, 3.8) is 0 Å². The van der Waals surface area contributed by atoms with E-state index in [1.165, 1.54) is 19.4 Å². The molecule has 0 aromatic carbocycles. The molecular formula is C10H10ClNO3. The molecule has 0 unspecified atom stereocenters. The Labute approximate surface area is 92.2 Å². The first-order valence-electron chi connectivity index (χ1n) is 4.61. The third kappa shape index (κ3) is 2.39. The van der Waals surface area contributed by atoms with Crippen LogP contribution in [0.4, 0.5) is 0 Å². The molecule has 1 aliphatic carbocycles. The summed E-state index contributed by atoms with van der Waals surface area (Å²) in [6.45, 7) is 0. The number of carbonyl (C=O) groups excluding carboxylic acids is 1. The highest BCUT2D eigenvalue weighted by molar-refractivity contribution is 6.30. The van der Waals surface area contributed by atoms with Gasteiger partial charge in [0.05, 0.1) is 12.1 Å². The summed E-state index contributed by atoms with van der Waals surface area (Å²) in [5.74, 6) is -0.186. The lowest BCUT2D eigenvalue weighted by Gasteiger charge is -2.07. The van der Waals surface area contributed by atoms with E-state index >= 15 is 0 Å². The van der Waals surface area contributed by atoms with Gasteiger partial charge in [-0.15, -0.1) is 0 Å². The summed E-state index contributed by atoms with van der Waals surface area (Å²) in [5.41, 5.74) is 0.275. The lowest BCUT2D eigenvalue weighted by atomic mass is 10.3.